The first-order valence-electron chi connectivity index (χ1n) is 8.65. The van der Waals surface area contributed by atoms with E-state index in [1.165, 1.54) is 25.1 Å². The zero-order valence-electron chi connectivity index (χ0n) is 14.8. The number of rotatable bonds is 5. The molecule has 8 heteroatoms. The fourth-order valence-electron chi connectivity index (χ4n) is 3.42. The van der Waals surface area contributed by atoms with Crippen molar-refractivity contribution in [2.24, 2.45) is 5.92 Å². The largest absolute Gasteiger partial charge is 0.355 e. The summed E-state index contributed by atoms with van der Waals surface area (Å²) in [6.07, 6.45) is 3.36. The minimum atomic E-state index is -0.566. The number of carbonyl (C=O) groups is 3. The second-order valence-corrected chi connectivity index (χ2v) is 7.32. The highest BCUT2D eigenvalue weighted by molar-refractivity contribution is 7.97. The Labute approximate surface area is 161 Å². The fraction of sp³-hybridized carbons (Fsp3) is 0.316. The number of hydrogen-bond donors (Lipinski definition) is 4. The van der Waals surface area contributed by atoms with Crippen LogP contribution in [-0.2, 0) is 14.4 Å². The van der Waals surface area contributed by atoms with E-state index in [1.54, 1.807) is 11.6 Å². The van der Waals surface area contributed by atoms with Gasteiger partial charge in [0, 0.05) is 42.3 Å². The lowest BCUT2D eigenvalue weighted by molar-refractivity contribution is -0.129. The Balaban J connectivity index is 1.91. The quantitative estimate of drug-likeness (QED) is 0.346. The van der Waals surface area contributed by atoms with Crippen molar-refractivity contribution < 1.29 is 19.6 Å². The Hall–Kier alpha value is -2.42. The van der Waals surface area contributed by atoms with E-state index in [9.17, 15) is 14.4 Å². The SMILES string of the molecule is CNC(=O)C1=CC(C2CNSc3ccccc32)C(=O)C=C1CCC(=O)NO. The van der Waals surface area contributed by atoms with Gasteiger partial charge in [0.05, 0.1) is 0 Å². The molecule has 1 aromatic rings. The van der Waals surface area contributed by atoms with Crippen LogP contribution in [0.2, 0.25) is 0 Å². The highest BCUT2D eigenvalue weighted by atomic mass is 32.2. The minimum absolute atomic E-state index is 0.0148. The molecule has 0 saturated carbocycles. The summed E-state index contributed by atoms with van der Waals surface area (Å²) in [5.41, 5.74) is 3.56. The highest BCUT2D eigenvalue weighted by Gasteiger charge is 2.35. The zero-order chi connectivity index (χ0) is 19.4. The van der Waals surface area contributed by atoms with Crippen LogP contribution in [0.4, 0.5) is 0 Å². The molecule has 2 aliphatic rings. The molecule has 27 heavy (non-hydrogen) atoms. The van der Waals surface area contributed by atoms with Crippen LogP contribution >= 0.6 is 11.9 Å². The summed E-state index contributed by atoms with van der Waals surface area (Å²) in [5, 5.41) is 11.2. The highest BCUT2D eigenvalue weighted by Crippen LogP contribution is 2.39. The molecule has 7 nitrogen and oxygen atoms in total. The van der Waals surface area contributed by atoms with Gasteiger partial charge in [0.15, 0.2) is 5.78 Å². The molecule has 0 bridgehead atoms. The maximum Gasteiger partial charge on any atom is 0.251 e. The van der Waals surface area contributed by atoms with Gasteiger partial charge in [0.2, 0.25) is 5.91 Å². The topological polar surface area (TPSA) is 108 Å². The van der Waals surface area contributed by atoms with Crippen molar-refractivity contribution in [3.05, 3.63) is 53.1 Å². The first kappa shape index (κ1) is 19.3. The van der Waals surface area contributed by atoms with E-state index in [-0.39, 0.29) is 30.4 Å². The number of carbonyl (C=O) groups excluding carboxylic acids is 3. The maximum atomic E-state index is 12.8. The van der Waals surface area contributed by atoms with E-state index in [0.29, 0.717) is 17.7 Å². The molecule has 1 aromatic carbocycles. The third kappa shape index (κ3) is 4.13. The van der Waals surface area contributed by atoms with Gasteiger partial charge in [-0.05, 0) is 41.6 Å². The number of fused-ring (bicyclic) bond motifs is 1. The molecule has 4 N–H and O–H groups in total. The normalized spacial score (nSPS) is 21.6. The molecule has 2 atom stereocenters. The van der Waals surface area contributed by atoms with Crippen molar-refractivity contribution in [3.8, 4) is 0 Å². The van der Waals surface area contributed by atoms with Gasteiger partial charge in [-0.2, -0.15) is 0 Å². The van der Waals surface area contributed by atoms with E-state index >= 15 is 0 Å². The van der Waals surface area contributed by atoms with Crippen LogP contribution in [0.3, 0.4) is 0 Å². The number of hydroxylamine groups is 1. The van der Waals surface area contributed by atoms with E-state index in [1.807, 2.05) is 24.3 Å². The van der Waals surface area contributed by atoms with E-state index in [4.69, 9.17) is 5.21 Å². The Morgan fingerprint density at radius 1 is 1.33 bits per heavy atom. The summed E-state index contributed by atoms with van der Waals surface area (Å²) in [5.74, 6) is -1.48. The molecule has 0 aromatic heterocycles. The van der Waals surface area contributed by atoms with Crippen molar-refractivity contribution in [3.63, 3.8) is 0 Å². The second kappa shape index (κ2) is 8.51. The molecule has 1 aliphatic heterocycles. The van der Waals surface area contributed by atoms with Gasteiger partial charge < -0.3 is 5.32 Å². The minimum Gasteiger partial charge on any atom is -0.355 e. The lowest BCUT2D eigenvalue weighted by Crippen LogP contribution is -2.34. The Morgan fingerprint density at radius 2 is 2.11 bits per heavy atom. The molecule has 0 fully saturated rings. The number of nitrogens with one attached hydrogen (secondary N) is 3. The van der Waals surface area contributed by atoms with Crippen molar-refractivity contribution in [2.75, 3.05) is 13.6 Å². The summed E-state index contributed by atoms with van der Waals surface area (Å²) in [4.78, 5) is 37.6. The summed E-state index contributed by atoms with van der Waals surface area (Å²) >= 11 is 1.54. The number of amides is 2. The van der Waals surface area contributed by atoms with Crippen LogP contribution in [0.1, 0.15) is 24.3 Å². The smallest absolute Gasteiger partial charge is 0.251 e. The molecule has 1 aliphatic carbocycles. The fourth-order valence-corrected chi connectivity index (χ4v) is 4.32. The van der Waals surface area contributed by atoms with Crippen molar-refractivity contribution >= 4 is 29.5 Å². The van der Waals surface area contributed by atoms with Crippen LogP contribution in [0.15, 0.2) is 52.5 Å². The molecule has 2 amide bonds. The molecule has 1 heterocycles. The van der Waals surface area contributed by atoms with Crippen molar-refractivity contribution in [1.82, 2.24) is 15.5 Å². The van der Waals surface area contributed by atoms with Crippen LogP contribution in [0.25, 0.3) is 0 Å². The third-order valence-corrected chi connectivity index (χ3v) is 5.70. The van der Waals surface area contributed by atoms with Crippen LogP contribution in [0, 0.1) is 5.92 Å². The molecular weight excluding hydrogens is 366 g/mol. The molecule has 3 rings (SSSR count). The van der Waals surface area contributed by atoms with Crippen molar-refractivity contribution in [2.45, 2.75) is 23.7 Å². The standard InChI is InChI=1S/C19H21N3O4S/c1-20-19(25)13-9-14(16(23)8-11(13)6-7-18(24)22-26)15-10-21-27-17-5-3-2-4-12(15)17/h2-5,8-9,14-15,21,26H,6-7,10H2,1H3,(H,20,25)(H,22,24). The van der Waals surface area contributed by atoms with Gasteiger partial charge in [-0.1, -0.05) is 24.3 Å². The van der Waals surface area contributed by atoms with Gasteiger partial charge >= 0.3 is 0 Å². The van der Waals surface area contributed by atoms with E-state index in [2.05, 4.69) is 10.0 Å². The zero-order valence-corrected chi connectivity index (χ0v) is 15.6. The predicted octanol–water partition coefficient (Wildman–Crippen LogP) is 1.46. The maximum absolute atomic E-state index is 12.8. The Bertz CT molecular complexity index is 834. The Morgan fingerprint density at radius 3 is 2.85 bits per heavy atom. The summed E-state index contributed by atoms with van der Waals surface area (Å²) in [7, 11) is 1.53. The molecule has 0 saturated heterocycles. The Kier molecular flexibility index (Phi) is 6.10. The van der Waals surface area contributed by atoms with E-state index in [0.717, 1.165) is 10.5 Å². The molecule has 2 unspecified atom stereocenters. The van der Waals surface area contributed by atoms with Crippen molar-refractivity contribution in [1.29, 1.82) is 0 Å². The van der Waals surface area contributed by atoms with E-state index < -0.39 is 11.8 Å². The summed E-state index contributed by atoms with van der Waals surface area (Å²) < 4.78 is 3.26. The number of likely N-dealkylation sites (N-methyl/N-ethyl adjacent to an activating group) is 1. The molecule has 142 valence electrons. The predicted molar refractivity (Wildman–Crippen MR) is 101 cm³/mol. The summed E-state index contributed by atoms with van der Waals surface area (Å²) in [6.45, 7) is 0.617. The first-order valence-corrected chi connectivity index (χ1v) is 9.47. The first-order chi connectivity index (χ1) is 13.0. The average molecular weight is 387 g/mol. The van der Waals surface area contributed by atoms with Gasteiger partial charge in [0.1, 0.15) is 0 Å². The molecule has 0 spiro atoms. The number of allylic oxidation sites excluding steroid dienone is 2. The van der Waals surface area contributed by atoms with Gasteiger partial charge in [-0.25, -0.2) is 5.48 Å². The third-order valence-electron chi connectivity index (χ3n) is 4.79. The monoisotopic (exact) mass is 387 g/mol. The molecule has 0 radical (unpaired) electrons. The molecular formula is C19H21N3O4S. The van der Waals surface area contributed by atoms with Crippen LogP contribution < -0.4 is 15.5 Å². The van der Waals surface area contributed by atoms with Crippen LogP contribution in [0.5, 0.6) is 0 Å². The van der Waals surface area contributed by atoms with Gasteiger partial charge in [0.25, 0.3) is 5.91 Å². The average Bonchev–Trinajstić information content (AvgIpc) is 2.71. The number of hydrogen-bond acceptors (Lipinski definition) is 6. The van der Waals surface area contributed by atoms with Gasteiger partial charge in [-0.3, -0.25) is 24.3 Å². The lowest BCUT2D eigenvalue weighted by Gasteiger charge is -2.32. The summed E-state index contributed by atoms with van der Waals surface area (Å²) in [6, 6.07) is 7.92. The second-order valence-electron chi connectivity index (χ2n) is 6.39. The number of benzene rings is 1. The van der Waals surface area contributed by atoms with Crippen LogP contribution in [-0.4, -0.2) is 36.4 Å². The number of ketones is 1. The lowest BCUT2D eigenvalue weighted by atomic mass is 9.77. The van der Waals surface area contributed by atoms with Gasteiger partial charge in [-0.15, -0.1) is 0 Å².